The van der Waals surface area contributed by atoms with Crippen LogP contribution in [0.1, 0.15) is 40.5 Å². The van der Waals surface area contributed by atoms with Crippen molar-refractivity contribution in [3.63, 3.8) is 0 Å². The van der Waals surface area contributed by atoms with Crippen molar-refractivity contribution >= 4 is 11.9 Å². The van der Waals surface area contributed by atoms with Gasteiger partial charge in [0.15, 0.2) is 5.96 Å². The lowest BCUT2D eigenvalue weighted by Gasteiger charge is -2.35. The first-order chi connectivity index (χ1) is 7.95. The Hall–Kier alpha value is -1.30. The molecule has 0 aromatic carbocycles. The van der Waals surface area contributed by atoms with Gasteiger partial charge in [0.25, 0.3) is 0 Å². The SMILES string of the molecule is CC(C)(CN=C(N)N)CC(C)(C)CC(N)C(=O)O. The minimum Gasteiger partial charge on any atom is -0.480 e. The Bertz CT molecular complexity index is 320. The molecule has 0 heterocycles. The van der Waals surface area contributed by atoms with Crippen LogP contribution < -0.4 is 17.2 Å². The summed E-state index contributed by atoms with van der Waals surface area (Å²) in [4.78, 5) is 14.8. The zero-order chi connectivity index (χ0) is 14.6. The van der Waals surface area contributed by atoms with Gasteiger partial charge in [0, 0.05) is 6.54 Å². The summed E-state index contributed by atoms with van der Waals surface area (Å²) >= 11 is 0. The van der Waals surface area contributed by atoms with Crippen LogP contribution in [-0.2, 0) is 4.79 Å². The van der Waals surface area contributed by atoms with Crippen molar-refractivity contribution in [1.82, 2.24) is 0 Å². The van der Waals surface area contributed by atoms with Crippen molar-refractivity contribution in [3.05, 3.63) is 0 Å². The second-order valence-electron chi connectivity index (χ2n) is 6.40. The maximum Gasteiger partial charge on any atom is 0.320 e. The summed E-state index contributed by atoms with van der Waals surface area (Å²) in [6, 6.07) is -0.834. The van der Waals surface area contributed by atoms with Crippen LogP contribution in [0.25, 0.3) is 0 Å². The fourth-order valence-corrected chi connectivity index (χ4v) is 2.41. The topological polar surface area (TPSA) is 128 Å². The number of hydrogen-bond donors (Lipinski definition) is 4. The van der Waals surface area contributed by atoms with Gasteiger partial charge in [-0.05, 0) is 23.7 Å². The van der Waals surface area contributed by atoms with Gasteiger partial charge in [-0.15, -0.1) is 0 Å². The highest BCUT2D eigenvalue weighted by Gasteiger charge is 2.31. The zero-order valence-electron chi connectivity index (χ0n) is 11.7. The van der Waals surface area contributed by atoms with Crippen molar-refractivity contribution in [2.24, 2.45) is 33.0 Å². The second kappa shape index (κ2) is 6.04. The predicted molar refractivity (Wildman–Crippen MR) is 73.1 cm³/mol. The Morgan fingerprint density at radius 2 is 1.72 bits per heavy atom. The van der Waals surface area contributed by atoms with E-state index in [1.165, 1.54) is 0 Å². The van der Waals surface area contributed by atoms with Crippen LogP contribution in [0.15, 0.2) is 4.99 Å². The van der Waals surface area contributed by atoms with Gasteiger partial charge in [0.05, 0.1) is 0 Å². The van der Waals surface area contributed by atoms with Crippen LogP contribution in [0, 0.1) is 10.8 Å². The third-order valence-corrected chi connectivity index (χ3v) is 2.74. The molecule has 6 heteroatoms. The molecule has 0 saturated heterocycles. The number of nitrogens with two attached hydrogens (primary N) is 3. The molecule has 0 fully saturated rings. The Morgan fingerprint density at radius 3 is 2.11 bits per heavy atom. The van der Waals surface area contributed by atoms with Crippen molar-refractivity contribution in [1.29, 1.82) is 0 Å². The van der Waals surface area contributed by atoms with Crippen LogP contribution in [0.4, 0.5) is 0 Å². The molecule has 6 nitrogen and oxygen atoms in total. The molecule has 0 bridgehead atoms. The van der Waals surface area contributed by atoms with Gasteiger partial charge in [-0.2, -0.15) is 0 Å². The Labute approximate surface area is 109 Å². The lowest BCUT2D eigenvalue weighted by Crippen LogP contribution is -2.37. The normalized spacial score (nSPS) is 14.1. The predicted octanol–water partition coefficient (Wildman–Crippen LogP) is 0.504. The maximum atomic E-state index is 10.8. The summed E-state index contributed by atoms with van der Waals surface area (Å²) in [6.07, 6.45) is 1.21. The minimum absolute atomic E-state index is 0.0723. The number of rotatable bonds is 7. The van der Waals surface area contributed by atoms with E-state index in [2.05, 4.69) is 4.99 Å². The van der Waals surface area contributed by atoms with E-state index in [-0.39, 0.29) is 16.8 Å². The standard InChI is InChI=1S/C12H26N4O2/c1-11(2,5-8(13)9(17)18)6-12(3,4)7-16-10(14)15/h8H,5-7,13H2,1-4H3,(H,17,18)(H4,14,15,16). The fourth-order valence-electron chi connectivity index (χ4n) is 2.41. The molecule has 0 rings (SSSR count). The highest BCUT2D eigenvalue weighted by Crippen LogP contribution is 2.37. The number of carboxylic acid groups (broad SMARTS) is 1. The zero-order valence-corrected chi connectivity index (χ0v) is 11.7. The molecule has 106 valence electrons. The molecular weight excluding hydrogens is 232 g/mol. The molecule has 0 amide bonds. The smallest absolute Gasteiger partial charge is 0.320 e. The average molecular weight is 258 g/mol. The number of aliphatic carboxylic acids is 1. The van der Waals surface area contributed by atoms with E-state index in [1.54, 1.807) is 0 Å². The van der Waals surface area contributed by atoms with Gasteiger partial charge < -0.3 is 22.3 Å². The summed E-state index contributed by atoms with van der Waals surface area (Å²) in [7, 11) is 0. The van der Waals surface area contributed by atoms with E-state index in [1.807, 2.05) is 27.7 Å². The van der Waals surface area contributed by atoms with E-state index in [0.717, 1.165) is 6.42 Å². The minimum atomic E-state index is -0.967. The van der Waals surface area contributed by atoms with Crippen molar-refractivity contribution in [3.8, 4) is 0 Å². The first-order valence-electron chi connectivity index (χ1n) is 5.99. The van der Waals surface area contributed by atoms with E-state index in [0.29, 0.717) is 13.0 Å². The Morgan fingerprint density at radius 1 is 1.22 bits per heavy atom. The van der Waals surface area contributed by atoms with Crippen LogP contribution in [0.2, 0.25) is 0 Å². The van der Waals surface area contributed by atoms with Gasteiger partial charge in [0.1, 0.15) is 6.04 Å². The van der Waals surface area contributed by atoms with Crippen molar-refractivity contribution in [2.45, 2.75) is 46.6 Å². The van der Waals surface area contributed by atoms with E-state index >= 15 is 0 Å². The van der Waals surface area contributed by atoms with Gasteiger partial charge in [0.2, 0.25) is 0 Å². The van der Waals surface area contributed by atoms with E-state index in [9.17, 15) is 4.79 Å². The quantitative estimate of drug-likeness (QED) is 0.390. The second-order valence-corrected chi connectivity index (χ2v) is 6.40. The van der Waals surface area contributed by atoms with Crippen LogP contribution in [0.5, 0.6) is 0 Å². The molecule has 0 aliphatic carbocycles. The number of carbonyl (C=O) groups is 1. The summed E-state index contributed by atoms with van der Waals surface area (Å²) in [5, 5.41) is 8.84. The first kappa shape index (κ1) is 16.7. The summed E-state index contributed by atoms with van der Waals surface area (Å²) in [5.74, 6) is -0.895. The maximum absolute atomic E-state index is 10.8. The number of guanidine groups is 1. The van der Waals surface area contributed by atoms with Crippen LogP contribution in [0.3, 0.4) is 0 Å². The van der Waals surface area contributed by atoms with Gasteiger partial charge in [-0.1, -0.05) is 27.7 Å². The largest absolute Gasteiger partial charge is 0.480 e. The number of nitrogens with zero attached hydrogens (tertiary/aromatic N) is 1. The molecule has 0 aromatic rings. The fraction of sp³-hybridized carbons (Fsp3) is 0.833. The summed E-state index contributed by atoms with van der Waals surface area (Å²) < 4.78 is 0. The lowest BCUT2D eigenvalue weighted by atomic mass is 9.72. The van der Waals surface area contributed by atoms with Crippen LogP contribution in [-0.4, -0.2) is 29.6 Å². The lowest BCUT2D eigenvalue weighted by molar-refractivity contribution is -0.139. The molecule has 0 aliphatic rings. The Kier molecular flexibility index (Phi) is 5.60. The van der Waals surface area contributed by atoms with E-state index < -0.39 is 12.0 Å². The highest BCUT2D eigenvalue weighted by atomic mass is 16.4. The third-order valence-electron chi connectivity index (χ3n) is 2.74. The molecule has 0 radical (unpaired) electrons. The molecule has 7 N–H and O–H groups in total. The molecule has 0 spiro atoms. The third kappa shape index (κ3) is 7.11. The number of aliphatic imine (C=N–C) groups is 1. The van der Waals surface area contributed by atoms with Crippen molar-refractivity contribution < 1.29 is 9.90 Å². The molecule has 18 heavy (non-hydrogen) atoms. The van der Waals surface area contributed by atoms with Gasteiger partial charge in [-0.3, -0.25) is 9.79 Å². The molecule has 0 aromatic heterocycles. The Balaban J connectivity index is 4.55. The van der Waals surface area contributed by atoms with Gasteiger partial charge >= 0.3 is 5.97 Å². The molecule has 0 aliphatic heterocycles. The van der Waals surface area contributed by atoms with Crippen LogP contribution >= 0.6 is 0 Å². The molecular formula is C12H26N4O2. The van der Waals surface area contributed by atoms with Gasteiger partial charge in [-0.25, -0.2) is 0 Å². The number of hydrogen-bond acceptors (Lipinski definition) is 3. The number of carboxylic acids is 1. The summed E-state index contributed by atoms with van der Waals surface area (Å²) in [6.45, 7) is 8.63. The average Bonchev–Trinajstić information content (AvgIpc) is 2.12. The first-order valence-corrected chi connectivity index (χ1v) is 5.99. The monoisotopic (exact) mass is 258 g/mol. The highest BCUT2D eigenvalue weighted by molar-refractivity contribution is 5.75. The molecule has 1 unspecified atom stereocenters. The van der Waals surface area contributed by atoms with Crippen molar-refractivity contribution in [2.75, 3.05) is 6.54 Å². The summed E-state index contributed by atoms with van der Waals surface area (Å²) in [5.41, 5.74) is 15.9. The molecule has 1 atom stereocenters. The van der Waals surface area contributed by atoms with E-state index in [4.69, 9.17) is 22.3 Å². The molecule has 0 saturated carbocycles.